The summed E-state index contributed by atoms with van der Waals surface area (Å²) in [5, 5.41) is 18.1. The van der Waals surface area contributed by atoms with Gasteiger partial charge in [0.05, 0.1) is 28.4 Å². The number of halogens is 1. The van der Waals surface area contributed by atoms with E-state index in [1.54, 1.807) is 24.4 Å². The fourth-order valence-corrected chi connectivity index (χ4v) is 6.36. The Bertz CT molecular complexity index is 1490. The van der Waals surface area contributed by atoms with E-state index in [0.29, 0.717) is 54.4 Å². The van der Waals surface area contributed by atoms with Crippen molar-refractivity contribution in [2.45, 2.75) is 54.8 Å². The van der Waals surface area contributed by atoms with Gasteiger partial charge in [0.15, 0.2) is 5.82 Å². The second kappa shape index (κ2) is 9.55. The lowest BCUT2D eigenvalue weighted by molar-refractivity contribution is -0.00330. The van der Waals surface area contributed by atoms with E-state index in [-0.39, 0.29) is 16.9 Å². The van der Waals surface area contributed by atoms with Crippen LogP contribution in [0.3, 0.4) is 0 Å². The summed E-state index contributed by atoms with van der Waals surface area (Å²) >= 11 is 0. The molecule has 37 heavy (non-hydrogen) atoms. The number of fused-ring (bicyclic) bond motifs is 1. The summed E-state index contributed by atoms with van der Waals surface area (Å²) < 4.78 is 41.2. The lowest BCUT2D eigenvalue weighted by Gasteiger charge is -2.47. The number of benzene rings is 1. The fraction of sp³-hybridized carbons (Fsp3) is 0.480. The number of pyridine rings is 1. The number of sulfonamides is 1. The maximum Gasteiger partial charge on any atom is 0.261 e. The number of aromatic amines is 1. The van der Waals surface area contributed by atoms with E-state index in [4.69, 9.17) is 5.10 Å². The number of H-pyrrole nitrogens is 1. The van der Waals surface area contributed by atoms with E-state index in [1.807, 2.05) is 4.68 Å². The van der Waals surface area contributed by atoms with Gasteiger partial charge in [-0.3, -0.25) is 14.4 Å². The average molecular weight is 528 g/mol. The standard InChI is InChI=1S/C25H30FN7O3S/c1-31(2)37(35,36)20-5-3-18(4-6-20)29-23-22-21(9-14-28-24(22)34)33(30-23)25(12-13-27)10-7-19(8-11-25)32-15-17(26)16-32/h3-6,9,14,17,19H,7-8,10-12,15-16H2,1-2H3,(H,28,34)(H,29,30)/t19-,25-. The first-order chi connectivity index (χ1) is 17.6. The topological polar surface area (TPSA) is 127 Å². The SMILES string of the molecule is CN(C)S(=O)(=O)c1ccc(Nc2nn([C@]3(CC#N)CC[C@@H](N4CC(F)C4)CC3)c3cc[nH]c(=O)c23)cc1. The van der Waals surface area contributed by atoms with Crippen molar-refractivity contribution in [3.05, 3.63) is 46.9 Å². The first kappa shape index (κ1) is 25.4. The van der Waals surface area contributed by atoms with Gasteiger partial charge in [-0.25, -0.2) is 17.1 Å². The van der Waals surface area contributed by atoms with Gasteiger partial charge in [-0.05, 0) is 56.0 Å². The Hall–Kier alpha value is -3.27. The van der Waals surface area contributed by atoms with E-state index < -0.39 is 21.7 Å². The minimum Gasteiger partial charge on any atom is -0.338 e. The molecule has 196 valence electrons. The Labute approximate surface area is 214 Å². The highest BCUT2D eigenvalue weighted by Gasteiger charge is 2.43. The maximum absolute atomic E-state index is 13.4. The molecular formula is C25H30FN7O3S. The van der Waals surface area contributed by atoms with Crippen molar-refractivity contribution in [1.29, 1.82) is 5.26 Å². The van der Waals surface area contributed by atoms with Crippen LogP contribution in [0, 0.1) is 11.3 Å². The van der Waals surface area contributed by atoms with Gasteiger partial charge in [0.25, 0.3) is 5.56 Å². The van der Waals surface area contributed by atoms with Crippen LogP contribution in [-0.2, 0) is 15.6 Å². The van der Waals surface area contributed by atoms with Crippen molar-refractivity contribution in [3.8, 4) is 6.07 Å². The van der Waals surface area contributed by atoms with Crippen LogP contribution >= 0.6 is 0 Å². The number of anilines is 2. The predicted molar refractivity (Wildman–Crippen MR) is 138 cm³/mol. The van der Waals surface area contributed by atoms with Crippen LogP contribution in [-0.4, -0.2) is 71.8 Å². The van der Waals surface area contributed by atoms with Gasteiger partial charge in [-0.1, -0.05) is 0 Å². The van der Waals surface area contributed by atoms with Crippen LogP contribution in [0.15, 0.2) is 46.2 Å². The molecule has 3 aromatic rings. The van der Waals surface area contributed by atoms with Gasteiger partial charge in [-0.15, -0.1) is 0 Å². The smallest absolute Gasteiger partial charge is 0.261 e. The van der Waals surface area contributed by atoms with E-state index in [1.165, 1.54) is 26.2 Å². The zero-order chi connectivity index (χ0) is 26.4. The van der Waals surface area contributed by atoms with Crippen molar-refractivity contribution in [2.24, 2.45) is 0 Å². The van der Waals surface area contributed by atoms with Crippen molar-refractivity contribution in [1.82, 2.24) is 24.0 Å². The molecule has 2 fully saturated rings. The number of nitrogens with one attached hydrogen (secondary N) is 2. The molecule has 0 unspecified atom stereocenters. The molecule has 3 heterocycles. The molecule has 0 amide bonds. The molecule has 0 radical (unpaired) electrons. The quantitative estimate of drug-likeness (QED) is 0.484. The van der Waals surface area contributed by atoms with Gasteiger partial charge in [0.2, 0.25) is 10.0 Å². The number of hydrogen-bond donors (Lipinski definition) is 2. The second-order valence-corrected chi connectivity index (χ2v) is 12.3. The minimum atomic E-state index is -3.57. The molecule has 1 saturated heterocycles. The fourth-order valence-electron chi connectivity index (χ4n) is 5.45. The predicted octanol–water partition coefficient (Wildman–Crippen LogP) is 2.92. The van der Waals surface area contributed by atoms with Crippen molar-refractivity contribution >= 4 is 32.4 Å². The average Bonchev–Trinajstić information content (AvgIpc) is 3.23. The third-order valence-corrected chi connectivity index (χ3v) is 9.45. The van der Waals surface area contributed by atoms with E-state index >= 15 is 0 Å². The molecule has 12 heteroatoms. The minimum absolute atomic E-state index is 0.155. The molecule has 2 N–H and O–H groups in total. The zero-order valence-electron chi connectivity index (χ0n) is 20.8. The molecule has 1 aliphatic heterocycles. The molecule has 2 aromatic heterocycles. The van der Waals surface area contributed by atoms with E-state index in [0.717, 1.165) is 17.1 Å². The van der Waals surface area contributed by atoms with Crippen molar-refractivity contribution in [3.63, 3.8) is 0 Å². The molecule has 0 spiro atoms. The Morgan fingerprint density at radius 2 is 1.89 bits per heavy atom. The number of alkyl halides is 1. The van der Waals surface area contributed by atoms with E-state index in [2.05, 4.69) is 21.3 Å². The number of nitriles is 1. The normalized spacial score (nSPS) is 23.2. The number of hydrogen-bond acceptors (Lipinski definition) is 7. The third kappa shape index (κ3) is 4.52. The second-order valence-electron chi connectivity index (χ2n) is 10.1. The van der Waals surface area contributed by atoms with Crippen molar-refractivity contribution < 1.29 is 12.8 Å². The summed E-state index contributed by atoms with van der Waals surface area (Å²) in [4.78, 5) is 17.9. The Morgan fingerprint density at radius 3 is 2.49 bits per heavy atom. The molecule has 0 bridgehead atoms. The van der Waals surface area contributed by atoms with Crippen LogP contribution in [0.2, 0.25) is 0 Å². The summed E-state index contributed by atoms with van der Waals surface area (Å²) in [6.45, 7) is 0.942. The molecule has 0 atom stereocenters. The number of nitrogens with zero attached hydrogens (tertiary/aromatic N) is 5. The van der Waals surface area contributed by atoms with Gasteiger partial charge in [-0.2, -0.15) is 10.4 Å². The third-order valence-electron chi connectivity index (χ3n) is 7.62. The van der Waals surface area contributed by atoms with Crippen molar-refractivity contribution in [2.75, 3.05) is 32.5 Å². The highest BCUT2D eigenvalue weighted by Crippen LogP contribution is 2.42. The maximum atomic E-state index is 13.4. The number of likely N-dealkylation sites (tertiary alicyclic amines) is 1. The Kier molecular flexibility index (Phi) is 6.55. The van der Waals surface area contributed by atoms with Gasteiger partial charge < -0.3 is 10.3 Å². The first-order valence-corrected chi connectivity index (χ1v) is 13.7. The summed E-state index contributed by atoms with van der Waals surface area (Å²) in [6.07, 6.45) is 4.09. The lowest BCUT2D eigenvalue weighted by atomic mass is 9.76. The van der Waals surface area contributed by atoms with Crippen LogP contribution in [0.4, 0.5) is 15.9 Å². The Morgan fingerprint density at radius 1 is 1.22 bits per heavy atom. The first-order valence-electron chi connectivity index (χ1n) is 12.3. The van der Waals surface area contributed by atoms with Crippen LogP contribution < -0.4 is 10.9 Å². The Balaban J connectivity index is 1.48. The van der Waals surface area contributed by atoms with Crippen LogP contribution in [0.25, 0.3) is 10.9 Å². The highest BCUT2D eigenvalue weighted by molar-refractivity contribution is 7.89. The summed E-state index contributed by atoms with van der Waals surface area (Å²) in [7, 11) is -0.627. The number of aromatic nitrogens is 3. The zero-order valence-corrected chi connectivity index (χ0v) is 21.6. The largest absolute Gasteiger partial charge is 0.338 e. The summed E-state index contributed by atoms with van der Waals surface area (Å²) in [6, 6.07) is 10.6. The molecule has 1 aromatic carbocycles. The molecule has 1 aliphatic carbocycles. The molecule has 10 nitrogen and oxygen atoms in total. The molecular weight excluding hydrogens is 497 g/mol. The highest BCUT2D eigenvalue weighted by atomic mass is 32.2. The molecule has 1 saturated carbocycles. The molecule has 5 rings (SSSR count). The van der Waals surface area contributed by atoms with Crippen LogP contribution in [0.5, 0.6) is 0 Å². The lowest BCUT2D eigenvalue weighted by Crippen LogP contribution is -2.55. The molecule has 2 aliphatic rings. The monoisotopic (exact) mass is 527 g/mol. The van der Waals surface area contributed by atoms with Gasteiger partial charge in [0.1, 0.15) is 11.6 Å². The van der Waals surface area contributed by atoms with Gasteiger partial charge >= 0.3 is 0 Å². The number of rotatable bonds is 7. The summed E-state index contributed by atoms with van der Waals surface area (Å²) in [5.41, 5.74) is 0.304. The summed E-state index contributed by atoms with van der Waals surface area (Å²) in [5.74, 6) is 0.336. The van der Waals surface area contributed by atoms with E-state index in [9.17, 15) is 22.9 Å². The van der Waals surface area contributed by atoms with Gasteiger partial charge in [0, 0.05) is 45.1 Å². The van der Waals surface area contributed by atoms with Crippen LogP contribution in [0.1, 0.15) is 32.1 Å².